The number of aldehydes is 1. The molecule has 1 amide bonds. The van der Waals surface area contributed by atoms with Gasteiger partial charge in [0.05, 0.1) is 18.8 Å². The zero-order chi connectivity index (χ0) is 20.2. The van der Waals surface area contributed by atoms with E-state index in [-0.39, 0.29) is 0 Å². The van der Waals surface area contributed by atoms with Crippen LogP contribution < -0.4 is 5.73 Å². The molecule has 148 valence electrons. The molecule has 0 atom stereocenters. The van der Waals surface area contributed by atoms with Gasteiger partial charge in [0.2, 0.25) is 6.41 Å². The monoisotopic (exact) mass is 414 g/mol. The third-order valence-electron chi connectivity index (χ3n) is 3.57. The predicted octanol–water partition coefficient (Wildman–Crippen LogP) is 2.77. The fourth-order valence-electron chi connectivity index (χ4n) is 2.52. The molecule has 0 spiro atoms. The maximum atomic E-state index is 10.6. The van der Waals surface area contributed by atoms with Crippen molar-refractivity contribution in [3.63, 3.8) is 0 Å². The molecule has 0 saturated heterocycles. The lowest BCUT2D eigenvalue weighted by atomic mass is 10.2. The number of ether oxygens (including phenoxy) is 1. The van der Waals surface area contributed by atoms with Gasteiger partial charge in [0.25, 0.3) is 0 Å². The second kappa shape index (κ2) is 12.5. The van der Waals surface area contributed by atoms with Crippen molar-refractivity contribution in [1.82, 2.24) is 14.7 Å². The van der Waals surface area contributed by atoms with Crippen LogP contribution >= 0.6 is 23.2 Å². The largest absolute Gasteiger partial charge is 0.380 e. The van der Waals surface area contributed by atoms with Crippen LogP contribution in [-0.4, -0.2) is 48.1 Å². The Hall–Kier alpha value is -1.93. The van der Waals surface area contributed by atoms with Crippen LogP contribution in [0, 0.1) is 0 Å². The molecule has 2 aromatic rings. The number of amides is 1. The summed E-state index contributed by atoms with van der Waals surface area (Å²) in [5.74, 6) is 0. The summed E-state index contributed by atoms with van der Waals surface area (Å²) in [7, 11) is 3.13. The standard InChI is InChI=1S/C9H11N3O2.C8H8Cl2O.CH5N/c13-6-8-4-9-5-11(7-14)2-1-3-12(9)10-8;1-11-5-6-2-7(9)4-8(10)3-6;1-2/h4,6-7H,1-3,5H2;2-4H,5H2,1H3;2H2,1H3. The Morgan fingerprint density at radius 2 is 1.81 bits per heavy atom. The minimum absolute atomic E-state index is 0.438. The van der Waals surface area contributed by atoms with E-state index in [1.807, 2.05) is 12.1 Å². The number of hydrogen-bond donors (Lipinski definition) is 1. The Bertz CT molecular complexity index is 717. The van der Waals surface area contributed by atoms with Crippen LogP contribution in [0.1, 0.15) is 28.2 Å². The van der Waals surface area contributed by atoms with Crippen molar-refractivity contribution in [3.8, 4) is 0 Å². The van der Waals surface area contributed by atoms with E-state index >= 15 is 0 Å². The molecule has 27 heavy (non-hydrogen) atoms. The number of aryl methyl sites for hydroxylation is 1. The molecule has 7 nitrogen and oxygen atoms in total. The highest BCUT2D eigenvalue weighted by Gasteiger charge is 2.14. The lowest BCUT2D eigenvalue weighted by Gasteiger charge is -2.11. The molecule has 1 aliphatic heterocycles. The lowest BCUT2D eigenvalue weighted by molar-refractivity contribution is -0.118. The lowest BCUT2D eigenvalue weighted by Crippen LogP contribution is -2.20. The molecule has 2 heterocycles. The molecular weight excluding hydrogens is 391 g/mol. The summed E-state index contributed by atoms with van der Waals surface area (Å²) in [4.78, 5) is 22.8. The van der Waals surface area contributed by atoms with Gasteiger partial charge in [-0.2, -0.15) is 5.10 Å². The predicted molar refractivity (Wildman–Crippen MR) is 106 cm³/mol. The zero-order valence-corrected chi connectivity index (χ0v) is 16.9. The van der Waals surface area contributed by atoms with Crippen LogP contribution in [0.15, 0.2) is 24.3 Å². The molecule has 0 aliphatic carbocycles. The summed E-state index contributed by atoms with van der Waals surface area (Å²) in [5, 5.41) is 5.39. The van der Waals surface area contributed by atoms with Crippen molar-refractivity contribution in [2.75, 3.05) is 20.7 Å². The number of nitrogens with two attached hydrogens (primary N) is 1. The van der Waals surface area contributed by atoms with E-state index in [1.54, 1.807) is 28.8 Å². The molecule has 9 heteroatoms. The Kier molecular flexibility index (Phi) is 10.7. The summed E-state index contributed by atoms with van der Waals surface area (Å²) in [6.45, 7) is 2.61. The maximum absolute atomic E-state index is 10.6. The van der Waals surface area contributed by atoms with Gasteiger partial charge in [-0.3, -0.25) is 14.3 Å². The summed E-state index contributed by atoms with van der Waals surface area (Å²) >= 11 is 11.5. The number of hydrogen-bond acceptors (Lipinski definition) is 5. The summed E-state index contributed by atoms with van der Waals surface area (Å²) in [5.41, 5.74) is 6.86. The van der Waals surface area contributed by atoms with Gasteiger partial charge in [0, 0.05) is 30.2 Å². The average Bonchev–Trinajstić information content (AvgIpc) is 2.94. The van der Waals surface area contributed by atoms with Crippen molar-refractivity contribution in [2.45, 2.75) is 26.1 Å². The molecule has 0 radical (unpaired) electrons. The normalized spacial score (nSPS) is 12.6. The Morgan fingerprint density at radius 3 is 2.37 bits per heavy atom. The number of halogens is 2. The van der Waals surface area contributed by atoms with Crippen LogP contribution in [0.5, 0.6) is 0 Å². The fraction of sp³-hybridized carbons (Fsp3) is 0.389. The molecule has 0 saturated carbocycles. The summed E-state index contributed by atoms with van der Waals surface area (Å²) < 4.78 is 6.72. The van der Waals surface area contributed by atoms with E-state index in [0.717, 1.165) is 43.5 Å². The minimum atomic E-state index is 0.438. The molecule has 0 unspecified atom stereocenters. The van der Waals surface area contributed by atoms with Gasteiger partial charge < -0.3 is 15.4 Å². The Balaban J connectivity index is 0.000000254. The third kappa shape index (κ3) is 7.68. The smallest absolute Gasteiger partial charge is 0.210 e. The van der Waals surface area contributed by atoms with Gasteiger partial charge in [0.15, 0.2) is 6.29 Å². The highest BCUT2D eigenvalue weighted by molar-refractivity contribution is 6.34. The first-order valence-electron chi connectivity index (χ1n) is 8.28. The number of nitrogens with zero attached hydrogens (tertiary/aromatic N) is 3. The topological polar surface area (TPSA) is 90.4 Å². The van der Waals surface area contributed by atoms with Crippen molar-refractivity contribution in [3.05, 3.63) is 51.3 Å². The number of aromatic nitrogens is 2. The Morgan fingerprint density at radius 1 is 1.15 bits per heavy atom. The maximum Gasteiger partial charge on any atom is 0.210 e. The van der Waals surface area contributed by atoms with Crippen molar-refractivity contribution in [1.29, 1.82) is 0 Å². The highest BCUT2D eigenvalue weighted by Crippen LogP contribution is 2.19. The molecule has 3 rings (SSSR count). The third-order valence-corrected chi connectivity index (χ3v) is 4.00. The van der Waals surface area contributed by atoms with Gasteiger partial charge in [-0.15, -0.1) is 0 Å². The number of rotatable bonds is 4. The summed E-state index contributed by atoms with van der Waals surface area (Å²) in [6, 6.07) is 7.09. The molecule has 1 aromatic carbocycles. The first-order valence-corrected chi connectivity index (χ1v) is 9.04. The van der Waals surface area contributed by atoms with Gasteiger partial charge in [-0.1, -0.05) is 23.2 Å². The van der Waals surface area contributed by atoms with Gasteiger partial charge in [-0.25, -0.2) is 0 Å². The van der Waals surface area contributed by atoms with E-state index in [4.69, 9.17) is 27.9 Å². The van der Waals surface area contributed by atoms with Gasteiger partial charge in [0.1, 0.15) is 5.69 Å². The molecule has 0 fully saturated rings. The average molecular weight is 415 g/mol. The number of fused-ring (bicyclic) bond motifs is 1. The van der Waals surface area contributed by atoms with Gasteiger partial charge in [-0.05, 0) is 43.3 Å². The number of benzene rings is 1. The second-order valence-electron chi connectivity index (χ2n) is 5.54. The molecular formula is C18H24Cl2N4O3. The number of carbonyl (C=O) groups is 2. The second-order valence-corrected chi connectivity index (χ2v) is 6.41. The number of carbonyl (C=O) groups excluding carboxylic acids is 2. The van der Waals surface area contributed by atoms with Gasteiger partial charge >= 0.3 is 0 Å². The first kappa shape index (κ1) is 23.1. The minimum Gasteiger partial charge on any atom is -0.380 e. The SMILES string of the molecule is CN.COCc1cc(Cl)cc(Cl)c1.O=Cc1cc2n(n1)CCCN(C=O)C2. The van der Waals surface area contributed by atoms with Crippen LogP contribution in [-0.2, 0) is 29.2 Å². The van der Waals surface area contributed by atoms with Crippen molar-refractivity contribution >= 4 is 35.9 Å². The molecule has 0 bridgehead atoms. The zero-order valence-electron chi connectivity index (χ0n) is 15.4. The summed E-state index contributed by atoms with van der Waals surface area (Å²) in [6.07, 6.45) is 2.45. The van der Waals surface area contributed by atoms with Crippen molar-refractivity contribution < 1.29 is 14.3 Å². The van der Waals surface area contributed by atoms with E-state index in [2.05, 4.69) is 10.8 Å². The van der Waals surface area contributed by atoms with Crippen LogP contribution in [0.3, 0.4) is 0 Å². The van der Waals surface area contributed by atoms with Crippen LogP contribution in [0.25, 0.3) is 0 Å². The van der Waals surface area contributed by atoms with E-state index in [0.29, 0.717) is 28.9 Å². The van der Waals surface area contributed by atoms with Crippen molar-refractivity contribution in [2.24, 2.45) is 5.73 Å². The quantitative estimate of drug-likeness (QED) is 0.776. The molecule has 2 N–H and O–H groups in total. The highest BCUT2D eigenvalue weighted by atomic mass is 35.5. The van der Waals surface area contributed by atoms with E-state index in [9.17, 15) is 9.59 Å². The fourth-order valence-corrected chi connectivity index (χ4v) is 3.09. The van der Waals surface area contributed by atoms with E-state index < -0.39 is 0 Å². The Labute approximate surface area is 169 Å². The molecule has 1 aromatic heterocycles. The molecule has 1 aliphatic rings. The van der Waals surface area contributed by atoms with E-state index in [1.165, 1.54) is 7.05 Å². The van der Waals surface area contributed by atoms with Crippen LogP contribution in [0.4, 0.5) is 0 Å². The number of methoxy groups -OCH3 is 1. The van der Waals surface area contributed by atoms with Crippen LogP contribution in [0.2, 0.25) is 10.0 Å². The first-order chi connectivity index (χ1) is 13.0.